The predicted octanol–water partition coefficient (Wildman–Crippen LogP) is 10.1. The van der Waals surface area contributed by atoms with Crippen LogP contribution in [0.5, 0.6) is 11.8 Å². The topological polar surface area (TPSA) is 303 Å². The molecule has 0 saturated carbocycles. The fraction of sp³-hybridized carbons (Fsp3) is 0.133. The van der Waals surface area contributed by atoms with E-state index in [4.69, 9.17) is 26.0 Å². The Morgan fingerprint density at radius 3 is 1.22 bits per heavy atom. The number of aryl methyl sites for hydroxylation is 2. The molecule has 2 aromatic heterocycles. The van der Waals surface area contributed by atoms with Crippen LogP contribution in [-0.4, -0.2) is 80.5 Å². The van der Waals surface area contributed by atoms with Gasteiger partial charge in [0.05, 0.1) is 45.7 Å². The highest BCUT2D eigenvalue weighted by molar-refractivity contribution is 9.08. The number of halogens is 6. The Morgan fingerprint density at radius 1 is 0.517 bits per heavy atom. The monoisotopic (exact) mass is 1290 g/mol. The van der Waals surface area contributed by atoms with Gasteiger partial charge in [0, 0.05) is 17.5 Å². The Kier molecular flexibility index (Phi) is 26.4. The van der Waals surface area contributed by atoms with Crippen LogP contribution in [-0.2, 0) is 39.7 Å². The van der Waals surface area contributed by atoms with Gasteiger partial charge in [0.2, 0.25) is 11.8 Å². The molecule has 0 bridgehead atoms. The Hall–Kier alpha value is -9.83. The standard InChI is InChI=1S/C15H15FN2O4.C15H10FNO3.C8H9NO4.C8H5NO3.C7H6BrF.C7H8FNO.ClH/c1-9-7-13(19)18(21)15(20)14(9)10(2)17-22-8-11-3-5-12(16)6-4-11;16-11-7-5-10(6-8-11)9-20-17-14(18)12-3-1-2-4-13(12)15(17)19;1-4-3-6(11)9(13)8(12)7(4)5(2)10;10-7-5-3-1-2-4-6(5)8(11)9(7)12;8-5-6-1-3-7(9)4-2-6;8-7-3-1-6(2-4-7)5-10-9;/h3-7,20-21H,8H2,1-2H3;1-8H,9H2;3,12-13H,1-2H3;1-4,12H;1-4H,5H2;1-4H,5,9H2;1H. The normalized spacial score (nSPS) is 11.8. The number of hydroxylamine groups is 4. The van der Waals surface area contributed by atoms with Gasteiger partial charge in [0.15, 0.2) is 5.78 Å². The molecule has 4 amide bonds. The summed E-state index contributed by atoms with van der Waals surface area (Å²) in [5.41, 5.74) is 4.29. The van der Waals surface area contributed by atoms with Gasteiger partial charge in [0.25, 0.3) is 34.7 Å². The van der Waals surface area contributed by atoms with Crippen molar-refractivity contribution in [2.45, 2.75) is 52.8 Å². The number of pyridine rings is 2. The lowest BCUT2D eigenvalue weighted by Gasteiger charge is -2.13. The third kappa shape index (κ3) is 19.1. The number of benzene rings is 6. The maximum Gasteiger partial charge on any atom is 0.286 e. The van der Waals surface area contributed by atoms with E-state index in [9.17, 15) is 66.5 Å². The molecule has 10 rings (SSSR count). The molecule has 7 N–H and O–H groups in total. The number of fused-ring (bicyclic) bond motifs is 2. The average Bonchev–Trinajstić information content (AvgIpc) is 1.92. The zero-order valence-electron chi connectivity index (χ0n) is 46.3. The van der Waals surface area contributed by atoms with Crippen LogP contribution < -0.4 is 17.0 Å². The second-order valence-electron chi connectivity index (χ2n) is 18.0. The van der Waals surface area contributed by atoms with E-state index >= 15 is 0 Å². The summed E-state index contributed by atoms with van der Waals surface area (Å²) < 4.78 is 50.2. The van der Waals surface area contributed by atoms with Gasteiger partial charge in [-0.3, -0.25) is 48.4 Å². The summed E-state index contributed by atoms with van der Waals surface area (Å²) >= 11 is 3.26. The number of aromatic hydroxyl groups is 2. The van der Waals surface area contributed by atoms with E-state index in [-0.39, 0.29) is 85.7 Å². The van der Waals surface area contributed by atoms with E-state index < -0.39 is 52.3 Å². The van der Waals surface area contributed by atoms with Crippen LogP contribution in [0.4, 0.5) is 17.6 Å². The maximum absolute atomic E-state index is 12.8. The largest absolute Gasteiger partial charge is 0.492 e. The number of oxime groups is 1. The molecule has 0 saturated heterocycles. The second-order valence-corrected chi connectivity index (χ2v) is 18.6. The first-order chi connectivity index (χ1) is 40.9. The van der Waals surface area contributed by atoms with Crippen LogP contribution in [0.3, 0.4) is 0 Å². The fourth-order valence-corrected chi connectivity index (χ4v) is 7.93. The summed E-state index contributed by atoms with van der Waals surface area (Å²) in [4.78, 5) is 94.0. The summed E-state index contributed by atoms with van der Waals surface area (Å²) in [6.45, 7) is 6.39. The molecule has 27 heteroatoms. The van der Waals surface area contributed by atoms with Crippen molar-refractivity contribution >= 4 is 63.5 Å². The van der Waals surface area contributed by atoms with Gasteiger partial charge in [-0.1, -0.05) is 93.9 Å². The number of nitrogens with zero attached hydrogens (tertiary/aromatic N) is 5. The van der Waals surface area contributed by atoms with E-state index in [2.05, 4.69) is 25.9 Å². The number of hydrogen-bond acceptors (Lipinski definition) is 17. The third-order valence-electron chi connectivity index (χ3n) is 11.8. The van der Waals surface area contributed by atoms with Gasteiger partial charge >= 0.3 is 0 Å². The van der Waals surface area contributed by atoms with Crippen molar-refractivity contribution in [2.75, 3.05) is 0 Å². The molecule has 0 spiro atoms. The number of amides is 4. The van der Waals surface area contributed by atoms with Crippen LogP contribution >= 0.6 is 28.3 Å². The van der Waals surface area contributed by atoms with Gasteiger partial charge in [-0.05, 0) is 134 Å². The van der Waals surface area contributed by atoms with Crippen molar-refractivity contribution in [3.05, 3.63) is 268 Å². The lowest BCUT2D eigenvalue weighted by molar-refractivity contribution is -0.101. The van der Waals surface area contributed by atoms with Crippen molar-refractivity contribution < 1.29 is 81.9 Å². The van der Waals surface area contributed by atoms with Crippen LogP contribution in [0.25, 0.3) is 0 Å². The number of alkyl halides is 1. The molecule has 6 aromatic carbocycles. The quantitative estimate of drug-likeness (QED) is 0.0103. The molecule has 0 atom stereocenters. The molecule has 2 aliphatic rings. The first kappa shape index (κ1) is 69.7. The first-order valence-corrected chi connectivity index (χ1v) is 26.1. The lowest BCUT2D eigenvalue weighted by atomic mass is 10.1. The van der Waals surface area contributed by atoms with Crippen LogP contribution in [0.2, 0.25) is 0 Å². The molecule has 0 fully saturated rings. The Balaban J connectivity index is 0.000000230. The molecule has 4 heterocycles. The molecule has 0 unspecified atom stereocenters. The van der Waals surface area contributed by atoms with E-state index in [0.717, 1.165) is 33.2 Å². The summed E-state index contributed by atoms with van der Waals surface area (Å²) in [6.07, 6.45) is 0. The highest BCUT2D eigenvalue weighted by Crippen LogP contribution is 2.25. The lowest BCUT2D eigenvalue weighted by Crippen LogP contribution is -2.29. The molecule has 0 aliphatic carbocycles. The van der Waals surface area contributed by atoms with Gasteiger partial charge < -0.3 is 25.5 Å². The number of carbonyl (C=O) groups excluding carboxylic acids is 5. The predicted molar refractivity (Wildman–Crippen MR) is 310 cm³/mol. The summed E-state index contributed by atoms with van der Waals surface area (Å²) in [5.74, 6) is -0.304. The fourth-order valence-electron chi connectivity index (χ4n) is 7.55. The third-order valence-corrected chi connectivity index (χ3v) is 12.5. The molecule has 87 heavy (non-hydrogen) atoms. The molecule has 2 aliphatic heterocycles. The Labute approximate surface area is 506 Å². The van der Waals surface area contributed by atoms with E-state index in [0.29, 0.717) is 40.1 Å². The van der Waals surface area contributed by atoms with Gasteiger partial charge in [-0.25, -0.2) is 23.5 Å². The molecule has 0 radical (unpaired) electrons. The smallest absolute Gasteiger partial charge is 0.286 e. The van der Waals surface area contributed by atoms with Crippen LogP contribution in [0.1, 0.15) is 105 Å². The van der Waals surface area contributed by atoms with Gasteiger partial charge in [-0.15, -0.1) is 32.0 Å². The molecule has 21 nitrogen and oxygen atoms in total. The van der Waals surface area contributed by atoms with Gasteiger partial charge in [0.1, 0.15) is 36.5 Å². The second kappa shape index (κ2) is 33.0. The minimum atomic E-state index is -0.764. The van der Waals surface area contributed by atoms with Gasteiger partial charge in [-0.2, -0.15) is 0 Å². The molecular formula is C60H54BrClF4N6O15. The summed E-state index contributed by atoms with van der Waals surface area (Å²) in [7, 11) is 0. The van der Waals surface area contributed by atoms with Crippen LogP contribution in [0, 0.1) is 37.1 Å². The number of rotatable bonds is 11. The number of hydrogen-bond donors (Lipinski definition) is 6. The number of ketones is 1. The SMILES string of the molecule is CC(=NOCc1ccc(F)cc1)c1c(C)cc(=O)n(O)c1O.CC(=O)c1c(C)cc(=O)n(O)c1O.Cl.Fc1ccc(CBr)cc1.NOCc1ccc(F)cc1.O=C1c2ccccc2C(=O)N1O.O=C1c2ccccc2C(=O)N1OCc1ccc(F)cc1. The average molecular weight is 1290 g/mol. The van der Waals surface area contributed by atoms with E-state index in [1.165, 1.54) is 92.7 Å². The maximum atomic E-state index is 12.8. The highest BCUT2D eigenvalue weighted by Gasteiger charge is 2.37. The number of aromatic nitrogens is 2. The van der Waals surface area contributed by atoms with Crippen LogP contribution in [0.15, 0.2) is 172 Å². The van der Waals surface area contributed by atoms with Crippen molar-refractivity contribution in [2.24, 2.45) is 11.1 Å². The molecule has 8 aromatic rings. The number of nitrogens with two attached hydrogens (primary N) is 1. The highest BCUT2D eigenvalue weighted by atomic mass is 79.9. The van der Waals surface area contributed by atoms with E-state index in [1.807, 2.05) is 0 Å². The number of imide groups is 2. The first-order valence-electron chi connectivity index (χ1n) is 25.0. The number of Topliss-reactive ketones (excluding diaryl/α,β-unsaturated/α-hetero) is 1. The molecular weight excluding hydrogens is 1240 g/mol. The Morgan fingerprint density at radius 2 is 0.851 bits per heavy atom. The van der Waals surface area contributed by atoms with Crippen molar-refractivity contribution in [1.82, 2.24) is 19.6 Å². The number of carbonyl (C=O) groups is 5. The summed E-state index contributed by atoms with van der Waals surface area (Å²) in [6, 6.07) is 38.9. The van der Waals surface area contributed by atoms with Crippen molar-refractivity contribution in [1.29, 1.82) is 0 Å². The van der Waals surface area contributed by atoms with Crippen molar-refractivity contribution in [3.8, 4) is 11.8 Å². The molecule has 456 valence electrons. The zero-order valence-corrected chi connectivity index (χ0v) is 48.7. The summed E-state index contributed by atoms with van der Waals surface area (Å²) in [5, 5.41) is 51.8. The van der Waals surface area contributed by atoms with E-state index in [1.54, 1.807) is 86.6 Å². The Bertz CT molecular complexity index is 3810. The minimum absolute atomic E-state index is 0. The van der Waals surface area contributed by atoms with Crippen molar-refractivity contribution in [3.63, 3.8) is 0 Å². The minimum Gasteiger partial charge on any atom is -0.492 e. The zero-order chi connectivity index (χ0) is 63.4.